The number of carbonyl (C=O) groups excluding carboxylic acids is 1. The molecule has 1 atom stereocenters. The first-order chi connectivity index (χ1) is 10.8. The van der Waals surface area contributed by atoms with Crippen LogP contribution in [0.25, 0.3) is 5.69 Å². The fraction of sp³-hybridized carbons (Fsp3) is 0.250. The van der Waals surface area contributed by atoms with E-state index < -0.39 is 0 Å². The Hall–Kier alpha value is -2.60. The molecule has 1 aromatic heterocycles. The van der Waals surface area contributed by atoms with Crippen molar-refractivity contribution >= 4 is 5.91 Å². The Kier molecular flexibility index (Phi) is 4.20. The number of nitrogens with zero attached hydrogens (tertiary/aromatic N) is 2. The van der Waals surface area contributed by atoms with Crippen molar-refractivity contribution in [3.8, 4) is 11.4 Å². The van der Waals surface area contributed by atoms with Gasteiger partial charge in [0.25, 0.3) is 0 Å². The first-order valence-corrected chi connectivity index (χ1v) is 7.12. The van der Waals surface area contributed by atoms with Gasteiger partial charge in [-0.05, 0) is 12.1 Å². The maximum Gasteiger partial charge on any atom is 0.241 e. The molecule has 1 aliphatic rings. The van der Waals surface area contributed by atoms with Crippen molar-refractivity contribution in [1.29, 1.82) is 0 Å². The van der Waals surface area contributed by atoms with E-state index in [1.165, 1.54) is 0 Å². The fourth-order valence-corrected chi connectivity index (χ4v) is 2.29. The average Bonchev–Trinajstić information content (AvgIpc) is 3.24. The summed E-state index contributed by atoms with van der Waals surface area (Å²) in [6.07, 6.45) is 7.46. The molecule has 0 fully saturated rings. The molecule has 0 aliphatic carbocycles. The molecule has 2 N–H and O–H groups in total. The van der Waals surface area contributed by atoms with Crippen molar-refractivity contribution in [1.82, 2.24) is 20.4 Å². The predicted octanol–water partition coefficient (Wildman–Crippen LogP) is 1.03. The van der Waals surface area contributed by atoms with Crippen molar-refractivity contribution in [2.75, 3.05) is 13.7 Å². The highest BCUT2D eigenvalue weighted by Gasteiger charge is 2.16. The first-order valence-electron chi connectivity index (χ1n) is 7.12. The van der Waals surface area contributed by atoms with Crippen LogP contribution in [0.3, 0.4) is 0 Å². The van der Waals surface area contributed by atoms with Gasteiger partial charge < -0.3 is 10.1 Å². The van der Waals surface area contributed by atoms with Crippen molar-refractivity contribution in [3.05, 3.63) is 54.4 Å². The Morgan fingerprint density at radius 3 is 3.23 bits per heavy atom. The van der Waals surface area contributed by atoms with Gasteiger partial charge in [0, 0.05) is 30.9 Å². The summed E-state index contributed by atoms with van der Waals surface area (Å²) in [5, 5.41) is 10.3. The van der Waals surface area contributed by atoms with Crippen molar-refractivity contribution in [2.24, 2.45) is 0 Å². The highest BCUT2D eigenvalue weighted by molar-refractivity contribution is 5.84. The highest BCUT2D eigenvalue weighted by Crippen LogP contribution is 2.16. The molecule has 1 aromatic carbocycles. The number of benzene rings is 1. The van der Waals surface area contributed by atoms with E-state index in [0.717, 1.165) is 23.5 Å². The van der Waals surface area contributed by atoms with Gasteiger partial charge >= 0.3 is 0 Å². The second kappa shape index (κ2) is 6.44. The monoisotopic (exact) mass is 298 g/mol. The summed E-state index contributed by atoms with van der Waals surface area (Å²) in [5.74, 6) is 0.754. The molecular formula is C16H18N4O2. The number of methoxy groups -OCH3 is 1. The van der Waals surface area contributed by atoms with Crippen LogP contribution < -0.4 is 15.4 Å². The van der Waals surface area contributed by atoms with E-state index in [1.54, 1.807) is 18.0 Å². The molecular weight excluding hydrogens is 280 g/mol. The zero-order valence-corrected chi connectivity index (χ0v) is 12.3. The maximum atomic E-state index is 11.9. The van der Waals surface area contributed by atoms with Gasteiger partial charge in [0.2, 0.25) is 5.91 Å². The van der Waals surface area contributed by atoms with Gasteiger partial charge in [-0.15, -0.1) is 0 Å². The average molecular weight is 298 g/mol. The van der Waals surface area contributed by atoms with Gasteiger partial charge in [-0.2, -0.15) is 5.10 Å². The van der Waals surface area contributed by atoms with E-state index in [1.807, 2.05) is 42.6 Å². The molecule has 6 heteroatoms. The minimum Gasteiger partial charge on any atom is -0.497 e. The molecule has 2 heterocycles. The van der Waals surface area contributed by atoms with Gasteiger partial charge in [-0.1, -0.05) is 18.2 Å². The van der Waals surface area contributed by atoms with Crippen LogP contribution in [-0.4, -0.2) is 35.4 Å². The molecule has 1 aliphatic heterocycles. The molecule has 3 rings (SSSR count). The van der Waals surface area contributed by atoms with Crippen LogP contribution in [0.1, 0.15) is 5.56 Å². The standard InChI is InChI=1S/C16H18N4O2/c1-22-14-5-2-4-13(8-14)20-11-12(10-19-20)9-18-16(21)15-6-3-7-17-15/h2-6,8,10-11,15,17H,7,9H2,1H3,(H,18,21). The molecule has 2 aromatic rings. The summed E-state index contributed by atoms with van der Waals surface area (Å²) < 4.78 is 6.97. The third kappa shape index (κ3) is 3.17. The van der Waals surface area contributed by atoms with Gasteiger partial charge in [0.05, 0.1) is 19.0 Å². The Morgan fingerprint density at radius 1 is 1.55 bits per heavy atom. The predicted molar refractivity (Wildman–Crippen MR) is 82.9 cm³/mol. The molecule has 6 nitrogen and oxygen atoms in total. The summed E-state index contributed by atoms with van der Waals surface area (Å²) in [6, 6.07) is 7.42. The summed E-state index contributed by atoms with van der Waals surface area (Å²) in [7, 11) is 1.63. The molecule has 1 amide bonds. The third-order valence-electron chi connectivity index (χ3n) is 3.49. The Balaban J connectivity index is 1.63. The zero-order chi connectivity index (χ0) is 15.4. The van der Waals surface area contributed by atoms with Crippen LogP contribution in [0.4, 0.5) is 0 Å². The first kappa shape index (κ1) is 14.3. The minimum atomic E-state index is -0.228. The topological polar surface area (TPSA) is 68.2 Å². The fourth-order valence-electron chi connectivity index (χ4n) is 2.29. The molecule has 114 valence electrons. The lowest BCUT2D eigenvalue weighted by Crippen LogP contribution is -2.40. The van der Waals surface area contributed by atoms with Gasteiger partial charge in [0.15, 0.2) is 0 Å². The lowest BCUT2D eigenvalue weighted by Gasteiger charge is -2.09. The van der Waals surface area contributed by atoms with Crippen LogP contribution in [0.5, 0.6) is 5.75 Å². The van der Waals surface area contributed by atoms with Crippen molar-refractivity contribution in [3.63, 3.8) is 0 Å². The Bertz CT molecular complexity index is 693. The number of hydrogen-bond donors (Lipinski definition) is 2. The molecule has 0 saturated heterocycles. The molecule has 22 heavy (non-hydrogen) atoms. The normalized spacial score (nSPS) is 16.7. The lowest BCUT2D eigenvalue weighted by molar-refractivity contribution is -0.122. The number of rotatable bonds is 5. The SMILES string of the molecule is COc1cccc(-n2cc(CNC(=O)C3C=CCN3)cn2)c1. The van der Waals surface area contributed by atoms with Crippen LogP contribution in [0, 0.1) is 0 Å². The Labute approximate surface area is 128 Å². The minimum absolute atomic E-state index is 0.0251. The molecule has 1 unspecified atom stereocenters. The van der Waals surface area contributed by atoms with Gasteiger partial charge in [-0.25, -0.2) is 4.68 Å². The maximum absolute atomic E-state index is 11.9. The second-order valence-electron chi connectivity index (χ2n) is 5.03. The van der Waals surface area contributed by atoms with Crippen LogP contribution in [-0.2, 0) is 11.3 Å². The van der Waals surface area contributed by atoms with Gasteiger partial charge in [-0.3, -0.25) is 10.1 Å². The van der Waals surface area contributed by atoms with E-state index in [-0.39, 0.29) is 11.9 Å². The van der Waals surface area contributed by atoms with E-state index in [0.29, 0.717) is 6.54 Å². The largest absolute Gasteiger partial charge is 0.497 e. The number of ether oxygens (including phenoxy) is 1. The van der Waals surface area contributed by atoms with Crippen molar-refractivity contribution in [2.45, 2.75) is 12.6 Å². The summed E-state index contributed by atoms with van der Waals surface area (Å²) in [5.41, 5.74) is 1.86. The summed E-state index contributed by atoms with van der Waals surface area (Å²) >= 11 is 0. The van der Waals surface area contributed by atoms with E-state index >= 15 is 0 Å². The van der Waals surface area contributed by atoms with E-state index in [9.17, 15) is 4.79 Å². The number of hydrogen-bond acceptors (Lipinski definition) is 4. The van der Waals surface area contributed by atoms with Gasteiger partial charge in [0.1, 0.15) is 11.8 Å². The molecule has 0 saturated carbocycles. The van der Waals surface area contributed by atoms with Crippen LogP contribution in [0.15, 0.2) is 48.8 Å². The van der Waals surface area contributed by atoms with Crippen molar-refractivity contribution < 1.29 is 9.53 Å². The van der Waals surface area contributed by atoms with Crippen LogP contribution >= 0.6 is 0 Å². The van der Waals surface area contributed by atoms with E-state index in [2.05, 4.69) is 15.7 Å². The smallest absolute Gasteiger partial charge is 0.241 e. The van der Waals surface area contributed by atoms with E-state index in [4.69, 9.17) is 4.74 Å². The molecule has 0 radical (unpaired) electrons. The molecule has 0 spiro atoms. The van der Waals surface area contributed by atoms with Crippen LogP contribution in [0.2, 0.25) is 0 Å². The third-order valence-corrected chi connectivity index (χ3v) is 3.49. The quantitative estimate of drug-likeness (QED) is 0.809. The lowest BCUT2D eigenvalue weighted by atomic mass is 10.2. The molecule has 0 bridgehead atoms. The second-order valence-corrected chi connectivity index (χ2v) is 5.03. The number of nitrogens with one attached hydrogen (secondary N) is 2. The Morgan fingerprint density at radius 2 is 2.45 bits per heavy atom. The number of aromatic nitrogens is 2. The zero-order valence-electron chi connectivity index (χ0n) is 12.3. The number of carbonyl (C=O) groups is 1. The number of amides is 1. The summed E-state index contributed by atoms with van der Waals surface area (Å²) in [4.78, 5) is 11.9. The summed E-state index contributed by atoms with van der Waals surface area (Å²) in [6.45, 7) is 1.20. The highest BCUT2D eigenvalue weighted by atomic mass is 16.5.